The van der Waals surface area contributed by atoms with Gasteiger partial charge in [0.1, 0.15) is 0 Å². The number of esters is 1. The molecule has 144 valence electrons. The Hall–Kier alpha value is -2.44. The topological polar surface area (TPSA) is 71.1 Å². The predicted octanol–water partition coefficient (Wildman–Crippen LogP) is 3.99. The number of carbonyl (C=O) groups is 2. The highest BCUT2D eigenvalue weighted by Crippen LogP contribution is 2.38. The maximum absolute atomic E-state index is 12.2. The quantitative estimate of drug-likeness (QED) is 0.482. The van der Waals surface area contributed by atoms with Crippen LogP contribution >= 0.6 is 23.2 Å². The van der Waals surface area contributed by atoms with E-state index >= 15 is 0 Å². The van der Waals surface area contributed by atoms with Crippen LogP contribution in [-0.2, 0) is 16.0 Å². The molecule has 0 saturated heterocycles. The van der Waals surface area contributed by atoms with Gasteiger partial charge in [0.25, 0.3) is 0 Å². The highest BCUT2D eigenvalue weighted by Gasteiger charge is 2.17. The molecular formula is C19H18Cl2O6. The Morgan fingerprint density at radius 1 is 0.926 bits per heavy atom. The van der Waals surface area contributed by atoms with Gasteiger partial charge in [0.2, 0.25) is 11.5 Å². The summed E-state index contributed by atoms with van der Waals surface area (Å²) in [5.74, 6) is 0.224. The summed E-state index contributed by atoms with van der Waals surface area (Å²) < 4.78 is 20.8. The van der Waals surface area contributed by atoms with E-state index < -0.39 is 18.4 Å². The summed E-state index contributed by atoms with van der Waals surface area (Å²) in [4.78, 5) is 24.3. The molecule has 0 unspecified atom stereocenters. The standard InChI is InChI=1S/C19H18Cl2O6/c1-24-16-6-11(7-17(25-2)19(16)26-3)8-18(23)27-10-15(22)13-9-12(20)4-5-14(13)21/h4-7,9H,8,10H2,1-3H3. The van der Waals surface area contributed by atoms with Crippen molar-refractivity contribution in [2.75, 3.05) is 27.9 Å². The summed E-state index contributed by atoms with van der Waals surface area (Å²) in [6, 6.07) is 7.78. The van der Waals surface area contributed by atoms with Gasteiger partial charge in [-0.25, -0.2) is 0 Å². The Labute approximate surface area is 166 Å². The van der Waals surface area contributed by atoms with Gasteiger partial charge in [-0.2, -0.15) is 0 Å². The fourth-order valence-electron chi connectivity index (χ4n) is 2.39. The van der Waals surface area contributed by atoms with Crippen LogP contribution in [0.25, 0.3) is 0 Å². The number of Topliss-reactive ketones (excluding diaryl/α,β-unsaturated/α-hetero) is 1. The van der Waals surface area contributed by atoms with Crippen molar-refractivity contribution in [2.24, 2.45) is 0 Å². The molecule has 0 atom stereocenters. The second-order valence-electron chi connectivity index (χ2n) is 5.42. The van der Waals surface area contributed by atoms with E-state index in [0.717, 1.165) is 0 Å². The number of carbonyl (C=O) groups excluding carboxylic acids is 2. The van der Waals surface area contributed by atoms with E-state index in [0.29, 0.717) is 27.8 Å². The molecule has 0 aliphatic carbocycles. The number of halogens is 2. The molecule has 2 rings (SSSR count). The molecule has 0 heterocycles. The largest absolute Gasteiger partial charge is 0.493 e. The number of benzene rings is 2. The van der Waals surface area contributed by atoms with Gasteiger partial charge in [-0.05, 0) is 35.9 Å². The minimum atomic E-state index is -0.587. The van der Waals surface area contributed by atoms with Crippen LogP contribution in [0, 0.1) is 0 Å². The summed E-state index contributed by atoms with van der Waals surface area (Å²) in [7, 11) is 4.44. The van der Waals surface area contributed by atoms with E-state index in [9.17, 15) is 9.59 Å². The molecule has 0 aliphatic rings. The first-order valence-electron chi connectivity index (χ1n) is 7.82. The van der Waals surface area contributed by atoms with Gasteiger partial charge in [0.15, 0.2) is 18.1 Å². The number of methoxy groups -OCH3 is 3. The second-order valence-corrected chi connectivity index (χ2v) is 6.26. The molecule has 0 aromatic heterocycles. The summed E-state index contributed by atoms with van der Waals surface area (Å²) in [5.41, 5.74) is 0.785. The fraction of sp³-hybridized carbons (Fsp3) is 0.263. The van der Waals surface area contributed by atoms with Gasteiger partial charge >= 0.3 is 5.97 Å². The molecule has 0 N–H and O–H groups in total. The van der Waals surface area contributed by atoms with Crippen LogP contribution in [0.4, 0.5) is 0 Å². The second kappa shape index (κ2) is 9.48. The minimum absolute atomic E-state index is 0.0761. The maximum atomic E-state index is 12.2. The Balaban J connectivity index is 2.05. The zero-order valence-electron chi connectivity index (χ0n) is 15.0. The fourth-order valence-corrected chi connectivity index (χ4v) is 2.79. The first-order chi connectivity index (χ1) is 12.9. The van der Waals surface area contributed by atoms with Crippen molar-refractivity contribution < 1.29 is 28.5 Å². The van der Waals surface area contributed by atoms with Crippen molar-refractivity contribution in [2.45, 2.75) is 6.42 Å². The maximum Gasteiger partial charge on any atom is 0.310 e. The Kier molecular flexibility index (Phi) is 7.33. The lowest BCUT2D eigenvalue weighted by Crippen LogP contribution is -2.16. The molecule has 0 amide bonds. The summed E-state index contributed by atoms with van der Waals surface area (Å²) >= 11 is 11.8. The van der Waals surface area contributed by atoms with Crippen LogP contribution in [0.15, 0.2) is 30.3 Å². The zero-order chi connectivity index (χ0) is 20.0. The lowest BCUT2D eigenvalue weighted by molar-refractivity contribution is -0.141. The molecule has 0 aliphatic heterocycles. The zero-order valence-corrected chi connectivity index (χ0v) is 16.5. The molecule has 6 nitrogen and oxygen atoms in total. The first kappa shape index (κ1) is 20.9. The van der Waals surface area contributed by atoms with Crippen LogP contribution in [0.3, 0.4) is 0 Å². The van der Waals surface area contributed by atoms with Crippen molar-refractivity contribution in [1.82, 2.24) is 0 Å². The number of hydrogen-bond acceptors (Lipinski definition) is 6. The van der Waals surface area contributed by atoms with Crippen molar-refractivity contribution in [3.8, 4) is 17.2 Å². The number of hydrogen-bond donors (Lipinski definition) is 0. The highest BCUT2D eigenvalue weighted by atomic mass is 35.5. The summed E-state index contributed by atoms with van der Waals surface area (Å²) in [5, 5.41) is 0.608. The van der Waals surface area contributed by atoms with Gasteiger partial charge in [-0.15, -0.1) is 0 Å². The van der Waals surface area contributed by atoms with Crippen LogP contribution in [0.1, 0.15) is 15.9 Å². The van der Waals surface area contributed by atoms with E-state index in [-0.39, 0.29) is 17.0 Å². The SMILES string of the molecule is COc1cc(CC(=O)OCC(=O)c2cc(Cl)ccc2Cl)cc(OC)c1OC. The molecular weight excluding hydrogens is 395 g/mol. The lowest BCUT2D eigenvalue weighted by atomic mass is 10.1. The molecule has 27 heavy (non-hydrogen) atoms. The van der Waals surface area contributed by atoms with Gasteiger partial charge in [-0.1, -0.05) is 23.2 Å². The third-order valence-electron chi connectivity index (χ3n) is 3.67. The Bertz CT molecular complexity index is 825. The van der Waals surface area contributed by atoms with Gasteiger partial charge < -0.3 is 18.9 Å². The third kappa shape index (κ3) is 5.28. The molecule has 0 fully saturated rings. The average Bonchev–Trinajstić information content (AvgIpc) is 2.67. The summed E-state index contributed by atoms with van der Waals surface area (Å²) in [6.07, 6.45) is -0.0761. The predicted molar refractivity (Wildman–Crippen MR) is 102 cm³/mol. The molecule has 0 radical (unpaired) electrons. The highest BCUT2D eigenvalue weighted by molar-refractivity contribution is 6.36. The Morgan fingerprint density at radius 3 is 2.11 bits per heavy atom. The van der Waals surface area contributed by atoms with Crippen LogP contribution in [0.2, 0.25) is 10.0 Å². The Morgan fingerprint density at radius 2 is 1.56 bits per heavy atom. The minimum Gasteiger partial charge on any atom is -0.493 e. The van der Waals surface area contributed by atoms with Gasteiger partial charge in [-0.3, -0.25) is 9.59 Å². The molecule has 0 spiro atoms. The monoisotopic (exact) mass is 412 g/mol. The van der Waals surface area contributed by atoms with Crippen LogP contribution in [0.5, 0.6) is 17.2 Å². The van der Waals surface area contributed by atoms with E-state index in [4.69, 9.17) is 42.1 Å². The molecule has 0 saturated carbocycles. The van der Waals surface area contributed by atoms with E-state index in [1.807, 2.05) is 0 Å². The molecule has 2 aromatic carbocycles. The van der Waals surface area contributed by atoms with Crippen LogP contribution in [-0.4, -0.2) is 39.7 Å². The number of ketones is 1. The van der Waals surface area contributed by atoms with E-state index in [2.05, 4.69) is 0 Å². The van der Waals surface area contributed by atoms with Gasteiger partial charge in [0.05, 0.1) is 32.8 Å². The number of rotatable bonds is 8. The lowest BCUT2D eigenvalue weighted by Gasteiger charge is -2.14. The average molecular weight is 413 g/mol. The van der Waals surface area contributed by atoms with Crippen molar-refractivity contribution in [1.29, 1.82) is 0 Å². The van der Waals surface area contributed by atoms with E-state index in [1.54, 1.807) is 18.2 Å². The van der Waals surface area contributed by atoms with E-state index in [1.165, 1.54) is 33.5 Å². The van der Waals surface area contributed by atoms with Crippen molar-refractivity contribution in [3.63, 3.8) is 0 Å². The van der Waals surface area contributed by atoms with Gasteiger partial charge in [0, 0.05) is 10.6 Å². The molecule has 2 aromatic rings. The third-order valence-corrected chi connectivity index (χ3v) is 4.23. The summed E-state index contributed by atoms with van der Waals surface area (Å²) in [6.45, 7) is -0.441. The number of ether oxygens (including phenoxy) is 4. The smallest absolute Gasteiger partial charge is 0.310 e. The molecule has 8 heteroatoms. The normalized spacial score (nSPS) is 10.3. The molecule has 0 bridgehead atoms. The van der Waals surface area contributed by atoms with Crippen LogP contribution < -0.4 is 14.2 Å². The first-order valence-corrected chi connectivity index (χ1v) is 8.58. The van der Waals surface area contributed by atoms with Crippen molar-refractivity contribution >= 4 is 35.0 Å². The van der Waals surface area contributed by atoms with Crippen molar-refractivity contribution in [3.05, 3.63) is 51.5 Å².